The summed E-state index contributed by atoms with van der Waals surface area (Å²) in [5.74, 6) is 1.62. The van der Waals surface area contributed by atoms with Crippen molar-refractivity contribution in [2.45, 2.75) is 52.6 Å². The average molecular weight is 518 g/mol. The van der Waals surface area contributed by atoms with Gasteiger partial charge in [-0.3, -0.25) is 0 Å². The first kappa shape index (κ1) is 26.0. The molecule has 0 spiro atoms. The second kappa shape index (κ2) is 10.5. The Balaban J connectivity index is 1.45. The number of anilines is 2. The van der Waals surface area contributed by atoms with Crippen molar-refractivity contribution >= 4 is 18.0 Å². The minimum Gasteiger partial charge on any atom is -0.457 e. The number of hydrogen-bond donors (Lipinski definition) is 1. The van der Waals surface area contributed by atoms with Crippen molar-refractivity contribution in [1.82, 2.24) is 15.0 Å². The number of alkyl halides is 3. The highest BCUT2D eigenvalue weighted by atomic mass is 19.4. The second-order valence-corrected chi connectivity index (χ2v) is 8.53. The molecule has 0 radical (unpaired) electrons. The SMILES string of the molecule is CC[C@H]1COC(=O)N1c1nc(C)nc(N[C@@H](C)c2ccc(Oc3ccc(OC(F)(F)F)cc3)c(C)c2)n1. The van der Waals surface area contributed by atoms with Crippen LogP contribution in [0.2, 0.25) is 0 Å². The fraction of sp³-hybridized carbons (Fsp3) is 0.360. The maximum atomic E-state index is 12.3. The van der Waals surface area contributed by atoms with Crippen LogP contribution in [0.1, 0.15) is 43.3 Å². The molecular formula is C25H26F3N5O4. The predicted molar refractivity (Wildman–Crippen MR) is 129 cm³/mol. The lowest BCUT2D eigenvalue weighted by atomic mass is 10.1. The predicted octanol–water partition coefficient (Wildman–Crippen LogP) is 6.09. The number of amides is 1. The lowest BCUT2D eigenvalue weighted by molar-refractivity contribution is -0.274. The molecule has 2 heterocycles. The Hall–Kier alpha value is -4.09. The molecule has 1 aliphatic rings. The quantitative estimate of drug-likeness (QED) is 0.383. The van der Waals surface area contributed by atoms with Gasteiger partial charge in [-0.05, 0) is 68.7 Å². The monoisotopic (exact) mass is 517 g/mol. The van der Waals surface area contributed by atoms with Crippen LogP contribution in [-0.4, -0.2) is 40.1 Å². The number of nitrogens with one attached hydrogen (secondary N) is 1. The van der Waals surface area contributed by atoms with Crippen molar-refractivity contribution in [3.8, 4) is 17.2 Å². The second-order valence-electron chi connectivity index (χ2n) is 8.53. The van der Waals surface area contributed by atoms with Crippen molar-refractivity contribution in [3.05, 3.63) is 59.4 Å². The van der Waals surface area contributed by atoms with E-state index in [0.717, 1.165) is 11.1 Å². The third-order valence-electron chi connectivity index (χ3n) is 5.71. The molecule has 1 aromatic heterocycles. The summed E-state index contributed by atoms with van der Waals surface area (Å²) in [7, 11) is 0. The maximum Gasteiger partial charge on any atom is 0.573 e. The Labute approximate surface area is 211 Å². The molecule has 0 aliphatic carbocycles. The molecule has 1 amide bonds. The Bertz CT molecular complexity index is 1270. The topological polar surface area (TPSA) is 98.7 Å². The zero-order valence-corrected chi connectivity index (χ0v) is 20.7. The van der Waals surface area contributed by atoms with E-state index in [1.165, 1.54) is 29.2 Å². The summed E-state index contributed by atoms with van der Waals surface area (Å²) >= 11 is 0. The molecule has 2 aromatic carbocycles. The summed E-state index contributed by atoms with van der Waals surface area (Å²) in [6, 6.07) is 10.4. The van der Waals surface area contributed by atoms with Crippen molar-refractivity contribution in [2.24, 2.45) is 0 Å². The van der Waals surface area contributed by atoms with Crippen LogP contribution >= 0.6 is 0 Å². The Morgan fingerprint density at radius 3 is 2.46 bits per heavy atom. The summed E-state index contributed by atoms with van der Waals surface area (Å²) in [4.78, 5) is 26.8. The van der Waals surface area contributed by atoms with Gasteiger partial charge in [0.05, 0.1) is 12.1 Å². The van der Waals surface area contributed by atoms with E-state index in [9.17, 15) is 18.0 Å². The molecule has 1 aliphatic heterocycles. The van der Waals surface area contributed by atoms with E-state index in [2.05, 4.69) is 25.0 Å². The zero-order valence-electron chi connectivity index (χ0n) is 20.7. The molecule has 3 aromatic rings. The van der Waals surface area contributed by atoms with Crippen LogP contribution in [0.5, 0.6) is 17.2 Å². The van der Waals surface area contributed by atoms with Crippen LogP contribution in [0.15, 0.2) is 42.5 Å². The lowest BCUT2D eigenvalue weighted by Gasteiger charge is -2.20. The Morgan fingerprint density at radius 2 is 1.81 bits per heavy atom. The van der Waals surface area contributed by atoms with Gasteiger partial charge in [-0.1, -0.05) is 19.1 Å². The number of rotatable bonds is 8. The van der Waals surface area contributed by atoms with E-state index in [1.54, 1.807) is 13.0 Å². The van der Waals surface area contributed by atoms with Gasteiger partial charge >= 0.3 is 12.5 Å². The molecule has 1 fully saturated rings. The molecule has 9 nitrogen and oxygen atoms in total. The standard InChI is InChI=1S/C25H26F3N5O4/c1-5-18-13-35-24(34)33(18)23-31-16(4)30-22(32-23)29-15(3)17-6-11-21(14(2)12-17)36-19-7-9-20(10-8-19)37-25(26,27)28/h6-12,15,18H,5,13H2,1-4H3,(H,29,30,31,32)/t15-,18-/m0/s1. The first-order chi connectivity index (χ1) is 17.5. The van der Waals surface area contributed by atoms with Crippen LogP contribution in [0.25, 0.3) is 0 Å². The minimum atomic E-state index is -4.75. The number of cyclic esters (lactones) is 1. The third-order valence-corrected chi connectivity index (χ3v) is 5.71. The van der Waals surface area contributed by atoms with Gasteiger partial charge in [0.2, 0.25) is 11.9 Å². The molecular weight excluding hydrogens is 491 g/mol. The highest BCUT2D eigenvalue weighted by molar-refractivity contribution is 5.88. The van der Waals surface area contributed by atoms with Gasteiger partial charge < -0.3 is 19.5 Å². The van der Waals surface area contributed by atoms with Gasteiger partial charge in [-0.25, -0.2) is 9.69 Å². The van der Waals surface area contributed by atoms with Crippen molar-refractivity contribution in [2.75, 3.05) is 16.8 Å². The van der Waals surface area contributed by atoms with E-state index < -0.39 is 12.5 Å². The van der Waals surface area contributed by atoms with Gasteiger partial charge in [0, 0.05) is 0 Å². The van der Waals surface area contributed by atoms with Gasteiger partial charge in [0.1, 0.15) is 29.7 Å². The van der Waals surface area contributed by atoms with Gasteiger partial charge in [-0.2, -0.15) is 15.0 Å². The zero-order chi connectivity index (χ0) is 26.7. The highest BCUT2D eigenvalue weighted by Gasteiger charge is 2.35. The fourth-order valence-electron chi connectivity index (χ4n) is 3.82. The van der Waals surface area contributed by atoms with Gasteiger partial charge in [-0.15, -0.1) is 13.2 Å². The normalized spacial score (nSPS) is 16.4. The van der Waals surface area contributed by atoms with Gasteiger partial charge in [0.25, 0.3) is 0 Å². The van der Waals surface area contributed by atoms with E-state index in [-0.39, 0.29) is 23.8 Å². The maximum absolute atomic E-state index is 12.3. The summed E-state index contributed by atoms with van der Waals surface area (Å²) in [6.07, 6.45) is -4.53. The molecule has 0 unspecified atom stereocenters. The smallest absolute Gasteiger partial charge is 0.457 e. The molecule has 0 bridgehead atoms. The summed E-state index contributed by atoms with van der Waals surface area (Å²) < 4.78 is 51.9. The Morgan fingerprint density at radius 1 is 1.11 bits per heavy atom. The molecule has 4 rings (SSSR count). The molecule has 0 saturated carbocycles. The molecule has 1 saturated heterocycles. The van der Waals surface area contributed by atoms with Crippen LogP contribution in [0.4, 0.5) is 29.9 Å². The van der Waals surface area contributed by atoms with Crippen LogP contribution in [0.3, 0.4) is 0 Å². The number of aryl methyl sites for hydroxylation is 2. The first-order valence-corrected chi connectivity index (χ1v) is 11.6. The van der Waals surface area contributed by atoms with E-state index in [4.69, 9.17) is 9.47 Å². The number of carbonyl (C=O) groups excluding carboxylic acids is 1. The van der Waals surface area contributed by atoms with Crippen molar-refractivity contribution in [3.63, 3.8) is 0 Å². The largest absolute Gasteiger partial charge is 0.573 e. The number of nitrogens with zero attached hydrogens (tertiary/aromatic N) is 4. The number of aromatic nitrogens is 3. The first-order valence-electron chi connectivity index (χ1n) is 11.6. The number of halogens is 3. The molecule has 2 atom stereocenters. The van der Waals surface area contributed by atoms with E-state index in [1.807, 2.05) is 32.9 Å². The Kier molecular flexibility index (Phi) is 7.37. The van der Waals surface area contributed by atoms with Crippen molar-refractivity contribution in [1.29, 1.82) is 0 Å². The van der Waals surface area contributed by atoms with E-state index in [0.29, 0.717) is 36.3 Å². The summed E-state index contributed by atoms with van der Waals surface area (Å²) in [5, 5.41) is 3.24. The van der Waals surface area contributed by atoms with Crippen LogP contribution < -0.4 is 19.7 Å². The third kappa shape index (κ3) is 6.38. The molecule has 12 heteroatoms. The number of ether oxygens (including phenoxy) is 3. The number of carbonyl (C=O) groups is 1. The lowest BCUT2D eigenvalue weighted by Crippen LogP contribution is -2.34. The molecule has 196 valence electrons. The fourth-order valence-corrected chi connectivity index (χ4v) is 3.82. The minimum absolute atomic E-state index is 0.136. The van der Waals surface area contributed by atoms with E-state index >= 15 is 0 Å². The summed E-state index contributed by atoms with van der Waals surface area (Å²) in [6.45, 7) is 7.77. The molecule has 1 N–H and O–H groups in total. The number of benzene rings is 2. The highest BCUT2D eigenvalue weighted by Crippen LogP contribution is 2.31. The van der Waals surface area contributed by atoms with Crippen LogP contribution in [0, 0.1) is 13.8 Å². The molecule has 37 heavy (non-hydrogen) atoms. The summed E-state index contributed by atoms with van der Waals surface area (Å²) in [5.41, 5.74) is 1.74. The van der Waals surface area contributed by atoms with Crippen molar-refractivity contribution < 1.29 is 32.2 Å². The van der Waals surface area contributed by atoms with Gasteiger partial charge in [0.15, 0.2) is 0 Å². The van der Waals surface area contributed by atoms with Crippen LogP contribution in [-0.2, 0) is 4.74 Å². The number of hydrogen-bond acceptors (Lipinski definition) is 8. The average Bonchev–Trinajstić information content (AvgIpc) is 3.20.